The molecule has 0 aliphatic carbocycles. The number of fused-ring (bicyclic) bond motifs is 5. The minimum absolute atomic E-state index is 1.21. The van der Waals surface area contributed by atoms with Crippen molar-refractivity contribution >= 4 is 53.9 Å². The molecule has 11 aromatic carbocycles. The monoisotopic (exact) mass is 708 g/mol. The molecular formula is C56H36. The van der Waals surface area contributed by atoms with Crippen LogP contribution in [0.25, 0.3) is 109 Å². The van der Waals surface area contributed by atoms with Crippen LogP contribution in [-0.4, -0.2) is 0 Å². The van der Waals surface area contributed by atoms with Crippen LogP contribution in [0.3, 0.4) is 0 Å². The molecule has 0 aliphatic rings. The summed E-state index contributed by atoms with van der Waals surface area (Å²) in [5.74, 6) is 0. The Morgan fingerprint density at radius 1 is 0.179 bits per heavy atom. The van der Waals surface area contributed by atoms with E-state index in [2.05, 4.69) is 218 Å². The highest BCUT2D eigenvalue weighted by Gasteiger charge is 2.19. The first-order chi connectivity index (χ1) is 27.8. The number of hydrogen-bond donors (Lipinski definition) is 0. The van der Waals surface area contributed by atoms with Gasteiger partial charge in [0.25, 0.3) is 0 Å². The molecular weight excluding hydrogens is 673 g/mol. The topological polar surface area (TPSA) is 0 Å². The van der Waals surface area contributed by atoms with Crippen LogP contribution in [0, 0.1) is 0 Å². The lowest BCUT2D eigenvalue weighted by Gasteiger charge is -2.20. The maximum Gasteiger partial charge on any atom is -0.00261 e. The van der Waals surface area contributed by atoms with Gasteiger partial charge in [-0.2, -0.15) is 0 Å². The molecule has 0 N–H and O–H groups in total. The van der Waals surface area contributed by atoms with Crippen LogP contribution in [0.1, 0.15) is 0 Å². The third kappa shape index (κ3) is 5.22. The first-order valence-corrected chi connectivity index (χ1v) is 19.4. The average molecular weight is 709 g/mol. The first kappa shape index (κ1) is 32.2. The van der Waals surface area contributed by atoms with Gasteiger partial charge in [-0.15, -0.1) is 0 Å². The second kappa shape index (κ2) is 13.2. The molecule has 0 heterocycles. The summed E-state index contributed by atoms with van der Waals surface area (Å²) in [5.41, 5.74) is 12.4. The number of rotatable bonds is 5. The maximum atomic E-state index is 2.47. The van der Waals surface area contributed by atoms with Crippen LogP contribution in [0.2, 0.25) is 0 Å². The van der Waals surface area contributed by atoms with Gasteiger partial charge in [0.1, 0.15) is 0 Å². The first-order valence-electron chi connectivity index (χ1n) is 19.4. The van der Waals surface area contributed by atoms with Gasteiger partial charge in [0.2, 0.25) is 0 Å². The Balaban J connectivity index is 1.22. The lowest BCUT2D eigenvalue weighted by atomic mass is 9.83. The van der Waals surface area contributed by atoms with Crippen LogP contribution in [0.4, 0.5) is 0 Å². The van der Waals surface area contributed by atoms with Crippen LogP contribution >= 0.6 is 0 Å². The van der Waals surface area contributed by atoms with Crippen molar-refractivity contribution in [1.29, 1.82) is 0 Å². The Labute approximate surface area is 326 Å². The summed E-state index contributed by atoms with van der Waals surface area (Å²) < 4.78 is 0. The zero-order valence-corrected chi connectivity index (χ0v) is 30.8. The van der Waals surface area contributed by atoms with Gasteiger partial charge in [-0.25, -0.2) is 0 Å². The third-order valence-corrected chi connectivity index (χ3v) is 11.7. The van der Waals surface area contributed by atoms with E-state index in [1.165, 1.54) is 109 Å². The molecule has 0 spiro atoms. The van der Waals surface area contributed by atoms with E-state index in [0.29, 0.717) is 0 Å². The van der Waals surface area contributed by atoms with E-state index in [-0.39, 0.29) is 0 Å². The molecule has 0 nitrogen and oxygen atoms in total. The molecule has 260 valence electrons. The maximum absolute atomic E-state index is 2.47. The van der Waals surface area contributed by atoms with Gasteiger partial charge >= 0.3 is 0 Å². The Bertz CT molecular complexity index is 3230. The van der Waals surface area contributed by atoms with Gasteiger partial charge in [-0.1, -0.05) is 206 Å². The molecule has 0 atom stereocenters. The smallest absolute Gasteiger partial charge is 0.00261 e. The summed E-state index contributed by atoms with van der Waals surface area (Å²) in [6, 6.07) is 80.4. The van der Waals surface area contributed by atoms with Gasteiger partial charge < -0.3 is 0 Å². The molecule has 56 heavy (non-hydrogen) atoms. The predicted octanol–water partition coefficient (Wildman–Crippen LogP) is 15.8. The van der Waals surface area contributed by atoms with Crippen molar-refractivity contribution in [3.63, 3.8) is 0 Å². The minimum atomic E-state index is 1.21. The summed E-state index contributed by atoms with van der Waals surface area (Å²) in [4.78, 5) is 0. The highest BCUT2D eigenvalue weighted by atomic mass is 14.2. The highest BCUT2D eigenvalue weighted by Crippen LogP contribution is 2.47. The Hall–Kier alpha value is -7.28. The van der Waals surface area contributed by atoms with Crippen molar-refractivity contribution in [2.45, 2.75) is 0 Å². The van der Waals surface area contributed by atoms with Gasteiger partial charge in [-0.3, -0.25) is 0 Å². The molecule has 0 saturated carbocycles. The molecule has 0 amide bonds. The second-order valence-corrected chi connectivity index (χ2v) is 14.8. The Kier molecular flexibility index (Phi) is 7.60. The van der Waals surface area contributed by atoms with E-state index >= 15 is 0 Å². The van der Waals surface area contributed by atoms with Gasteiger partial charge in [0.05, 0.1) is 0 Å². The molecule has 0 aliphatic heterocycles. The van der Waals surface area contributed by atoms with E-state index in [0.717, 1.165) is 0 Å². The molecule has 11 rings (SSSR count). The zero-order chi connectivity index (χ0) is 37.0. The summed E-state index contributed by atoms with van der Waals surface area (Å²) in [5, 5.41) is 12.5. The van der Waals surface area contributed by atoms with Crippen molar-refractivity contribution in [1.82, 2.24) is 0 Å². The lowest BCUT2D eigenvalue weighted by Crippen LogP contribution is -1.93. The zero-order valence-electron chi connectivity index (χ0n) is 30.8. The van der Waals surface area contributed by atoms with Crippen molar-refractivity contribution in [2.24, 2.45) is 0 Å². The normalized spacial score (nSPS) is 11.6. The van der Waals surface area contributed by atoms with Gasteiger partial charge in [-0.05, 0) is 122 Å². The fourth-order valence-electron chi connectivity index (χ4n) is 9.12. The van der Waals surface area contributed by atoms with Gasteiger partial charge in [0, 0.05) is 0 Å². The van der Waals surface area contributed by atoms with Crippen LogP contribution in [0.15, 0.2) is 218 Å². The molecule has 0 saturated heterocycles. The van der Waals surface area contributed by atoms with E-state index in [1.807, 2.05) is 0 Å². The van der Waals surface area contributed by atoms with Crippen LogP contribution < -0.4 is 0 Å². The largest absolute Gasteiger partial charge is 0.0622 e. The van der Waals surface area contributed by atoms with Crippen LogP contribution in [0.5, 0.6) is 0 Å². The lowest BCUT2D eigenvalue weighted by molar-refractivity contribution is 1.61. The summed E-state index contributed by atoms with van der Waals surface area (Å²) in [6.07, 6.45) is 0. The summed E-state index contributed by atoms with van der Waals surface area (Å²) in [6.45, 7) is 0. The molecule has 0 aromatic heterocycles. The quantitative estimate of drug-likeness (QED) is 0.156. The summed E-state index contributed by atoms with van der Waals surface area (Å²) in [7, 11) is 0. The fraction of sp³-hybridized carbons (Fsp3) is 0. The summed E-state index contributed by atoms with van der Waals surface area (Å²) >= 11 is 0. The van der Waals surface area contributed by atoms with Crippen molar-refractivity contribution in [2.75, 3.05) is 0 Å². The Morgan fingerprint density at radius 3 is 1.38 bits per heavy atom. The van der Waals surface area contributed by atoms with Crippen molar-refractivity contribution < 1.29 is 0 Å². The number of benzene rings is 11. The van der Waals surface area contributed by atoms with Crippen molar-refractivity contribution in [3.05, 3.63) is 218 Å². The molecule has 0 unspecified atom stereocenters. The van der Waals surface area contributed by atoms with Gasteiger partial charge in [0.15, 0.2) is 0 Å². The SMILES string of the molecule is c1ccc(-c2c3ccccc3c(-c3ccc4c(-c5cccc6ccccc56)ccc(-c5ccccc5-c5ccc6ccccc6c5)c4c3)c3ccccc23)cc1. The van der Waals surface area contributed by atoms with Crippen molar-refractivity contribution in [3.8, 4) is 55.6 Å². The molecule has 0 heteroatoms. The fourth-order valence-corrected chi connectivity index (χ4v) is 9.12. The van der Waals surface area contributed by atoms with E-state index in [9.17, 15) is 0 Å². The van der Waals surface area contributed by atoms with E-state index in [1.54, 1.807) is 0 Å². The predicted molar refractivity (Wildman–Crippen MR) is 241 cm³/mol. The Morgan fingerprint density at radius 2 is 0.661 bits per heavy atom. The number of hydrogen-bond acceptors (Lipinski definition) is 0. The highest BCUT2D eigenvalue weighted by molar-refractivity contribution is 6.22. The molecule has 0 bridgehead atoms. The average Bonchev–Trinajstić information content (AvgIpc) is 3.27. The molecule has 11 aromatic rings. The second-order valence-electron chi connectivity index (χ2n) is 14.8. The minimum Gasteiger partial charge on any atom is -0.0622 e. The molecule has 0 fully saturated rings. The van der Waals surface area contributed by atoms with E-state index in [4.69, 9.17) is 0 Å². The standard InChI is InChI=1S/C56H36/c1-2-17-39(18-3-1)55-50-24-10-12-26-52(50)56(53-27-13-11-25-51(53)55)42-31-32-48-47(46-28-14-20-38-16-6-7-21-43(38)46)33-34-49(54(48)36-42)45-23-9-8-22-44(45)41-30-29-37-15-4-5-19-40(37)35-41/h1-36H. The van der Waals surface area contributed by atoms with Crippen LogP contribution in [-0.2, 0) is 0 Å². The third-order valence-electron chi connectivity index (χ3n) is 11.7. The van der Waals surface area contributed by atoms with E-state index < -0.39 is 0 Å². The molecule has 0 radical (unpaired) electrons.